The van der Waals surface area contributed by atoms with E-state index < -0.39 is 17.0 Å². The van der Waals surface area contributed by atoms with Gasteiger partial charge in [0.25, 0.3) is 0 Å². The van der Waals surface area contributed by atoms with Crippen LogP contribution < -0.4 is 0 Å². The molecular weight excluding hydrogens is 2670 g/mol. The first-order valence-electron chi connectivity index (χ1n) is 42.3. The molecule has 0 aliphatic heterocycles. The van der Waals surface area contributed by atoms with E-state index in [1.807, 2.05) is 242 Å². The Kier molecular flexibility index (Phi) is 55.1. The zero-order valence-corrected chi connectivity index (χ0v) is 91.6. The van der Waals surface area contributed by atoms with Crippen molar-refractivity contribution in [1.29, 1.82) is 0 Å². The Morgan fingerprint density at radius 2 is 0.691 bits per heavy atom. The molecular formula is C114H105ClF3Ir5N6O10-5. The van der Waals surface area contributed by atoms with Crippen molar-refractivity contribution >= 4 is 84.1 Å². The van der Waals surface area contributed by atoms with Crippen molar-refractivity contribution in [1.82, 2.24) is 30.1 Å². The Hall–Kier alpha value is -12.5. The van der Waals surface area contributed by atoms with E-state index in [4.69, 9.17) is 37.0 Å². The summed E-state index contributed by atoms with van der Waals surface area (Å²) in [5.41, 5.74) is 15.8. The third-order valence-corrected chi connectivity index (χ3v) is 18.5. The maximum Gasteiger partial charge on any atom is 0.164 e. The van der Waals surface area contributed by atoms with E-state index in [0.717, 1.165) is 89.9 Å². The molecule has 139 heavy (non-hydrogen) atoms. The van der Waals surface area contributed by atoms with Gasteiger partial charge in [-0.1, -0.05) is 253 Å². The zero-order valence-electron chi connectivity index (χ0n) is 78.9. The Balaban J connectivity index is 0.000000536. The first-order chi connectivity index (χ1) is 63.7. The van der Waals surface area contributed by atoms with Crippen molar-refractivity contribution in [2.45, 2.75) is 104 Å². The minimum atomic E-state index is -0.670. The fraction of sp³-hybridized carbons (Fsp3) is 0.149. The van der Waals surface area contributed by atoms with Crippen LogP contribution in [0.5, 0.6) is 0 Å². The number of aliphatic hydroxyl groups excluding tert-OH is 5. The van der Waals surface area contributed by atoms with Crippen LogP contribution >= 0.6 is 11.6 Å². The number of pyridine rings is 4. The van der Waals surface area contributed by atoms with Crippen molar-refractivity contribution in [2.24, 2.45) is 10.8 Å². The van der Waals surface area contributed by atoms with Crippen LogP contribution in [0.2, 0.25) is 5.15 Å². The topological polar surface area (TPSA) is 264 Å². The molecule has 5 aromatic heterocycles. The summed E-state index contributed by atoms with van der Waals surface area (Å²) in [4.78, 5) is 70.0. The second-order valence-electron chi connectivity index (χ2n) is 32.1. The van der Waals surface area contributed by atoms with Crippen molar-refractivity contribution in [2.75, 3.05) is 0 Å². The van der Waals surface area contributed by atoms with Gasteiger partial charge in [-0.3, -0.25) is 57.1 Å². The molecule has 5 radical (unpaired) electrons. The van der Waals surface area contributed by atoms with Crippen LogP contribution in [0, 0.1) is 65.5 Å². The van der Waals surface area contributed by atoms with E-state index in [2.05, 4.69) is 129 Å². The summed E-state index contributed by atoms with van der Waals surface area (Å²) in [5, 5.41) is 55.5. The smallest absolute Gasteiger partial charge is 0.164 e. The van der Waals surface area contributed by atoms with Gasteiger partial charge in [0.05, 0.1) is 45.1 Å². The van der Waals surface area contributed by atoms with Crippen LogP contribution in [-0.4, -0.2) is 84.6 Å². The molecule has 0 saturated carbocycles. The first-order valence-corrected chi connectivity index (χ1v) is 42.7. The van der Waals surface area contributed by atoms with Crippen molar-refractivity contribution in [3.63, 3.8) is 0 Å². The molecule has 0 aliphatic carbocycles. The van der Waals surface area contributed by atoms with Gasteiger partial charge in [-0.25, -0.2) is 0 Å². The number of carbonyl (C=O) groups is 5. The molecule has 0 unspecified atom stereocenters. The molecule has 0 bridgehead atoms. The van der Waals surface area contributed by atoms with Gasteiger partial charge < -0.3 is 25.5 Å². The van der Waals surface area contributed by atoms with Gasteiger partial charge in [0, 0.05) is 176 Å². The Bertz CT molecular complexity index is 6680. The number of hydrogen-bond acceptors (Lipinski definition) is 16. The molecule has 16 rings (SSSR count). The van der Waals surface area contributed by atoms with Crippen LogP contribution in [0.25, 0.3) is 122 Å². The Labute approximate surface area is 883 Å². The average molecular weight is 2770 g/mol. The van der Waals surface area contributed by atoms with Crippen molar-refractivity contribution in [3.8, 4) is 78.5 Å². The molecule has 5 heterocycles. The maximum absolute atomic E-state index is 14.2. The normalized spacial score (nSPS) is 10.8. The van der Waals surface area contributed by atoms with E-state index in [9.17, 15) is 42.3 Å². The maximum atomic E-state index is 14.2. The average Bonchev–Trinajstić information content (AvgIpc) is 0.791. The Morgan fingerprint density at radius 1 is 0.331 bits per heavy atom. The van der Waals surface area contributed by atoms with Gasteiger partial charge in [0.15, 0.2) is 28.9 Å². The quantitative estimate of drug-likeness (QED) is 0.0432. The summed E-state index contributed by atoms with van der Waals surface area (Å²) < 4.78 is 40.9. The van der Waals surface area contributed by atoms with Crippen LogP contribution in [0.4, 0.5) is 13.2 Å². The van der Waals surface area contributed by atoms with Crippen LogP contribution in [0.1, 0.15) is 102 Å². The number of aromatic nitrogens is 6. The monoisotopic (exact) mass is 2770 g/mol. The number of halogens is 4. The molecule has 5 N–H and O–H groups in total. The van der Waals surface area contributed by atoms with Crippen LogP contribution in [0.3, 0.4) is 0 Å². The molecule has 16 aromatic rings. The van der Waals surface area contributed by atoms with Gasteiger partial charge in [-0.15, -0.1) is 149 Å². The predicted molar refractivity (Wildman–Crippen MR) is 534 cm³/mol. The van der Waals surface area contributed by atoms with Crippen LogP contribution in [0.15, 0.2) is 362 Å². The van der Waals surface area contributed by atoms with Crippen molar-refractivity contribution < 1.29 is 163 Å². The molecule has 0 spiro atoms. The van der Waals surface area contributed by atoms with Gasteiger partial charge >= 0.3 is 0 Å². The standard InChI is InChI=1S/C22H16N.C21H12F2N.C15H9FN.C15H10N.C11H20O2.C10H6ClN2.4C5H8O2.5Ir/c1-16-9-5-6-12-18(16)22-15-20(17-10-3-2-4-11-17)19-13-7-8-14-21(19)23-22;22-15-10-11-17(19(23)12-15)21-13-18(14-6-2-1-3-7-14)16-8-4-5-9-20(16)24-21;16-13-7-3-2-6-12(13)15-10-9-11-5-1-4-8-14(11)17-15;1-2-6-12(7-3-1)15-11-10-13-8-4-5-9-14(13)16-15;1-10(2,3)8(12)7-9(13)11(4,5)6;11-10-7-6-9(12-13-10)8-4-2-1-3-5-8;4*1-4(6)3-5(2)7;;;;;/h2-11,13-15H,1H3;1-10,12-13H;1-5,7-10H;1-6,8-11H;7,12H,1-6H3;1-4,6-7H;4*3,6H,1-2H3;;;;;/q4*-1;;-1;;;;;;;;;. The number of fused-ring (bicyclic) bond motifs is 4. The summed E-state index contributed by atoms with van der Waals surface area (Å²) in [7, 11) is 0. The number of ketones is 5. The van der Waals surface area contributed by atoms with Crippen molar-refractivity contribution in [3.05, 3.63) is 421 Å². The number of aryl methyl sites for hydroxylation is 1. The molecule has 0 saturated heterocycles. The molecule has 0 atom stereocenters. The van der Waals surface area contributed by atoms with Gasteiger partial charge in [0.2, 0.25) is 0 Å². The Morgan fingerprint density at radius 3 is 1.07 bits per heavy atom. The number of benzene rings is 11. The number of hydrogen-bond donors (Lipinski definition) is 5. The van der Waals surface area contributed by atoms with E-state index in [1.54, 1.807) is 18.2 Å². The molecule has 0 fully saturated rings. The second kappa shape index (κ2) is 62.5. The molecule has 11 aromatic carbocycles. The summed E-state index contributed by atoms with van der Waals surface area (Å²) in [6, 6.07) is 111. The number of aliphatic hydroxyl groups is 5. The minimum Gasteiger partial charge on any atom is -0.512 e. The molecule has 729 valence electrons. The number of carbonyl (C=O) groups excluding carboxylic acids is 5. The van der Waals surface area contributed by atoms with Crippen LogP contribution in [-0.2, 0) is 124 Å². The van der Waals surface area contributed by atoms with Gasteiger partial charge in [-0.05, 0) is 142 Å². The summed E-state index contributed by atoms with van der Waals surface area (Å²) in [5.74, 6) is -1.76. The number of allylic oxidation sites excluding steroid dienone is 10. The molecule has 16 nitrogen and oxygen atoms in total. The van der Waals surface area contributed by atoms with Gasteiger partial charge in [0.1, 0.15) is 10.9 Å². The summed E-state index contributed by atoms with van der Waals surface area (Å²) in [6.07, 6.45) is 6.00. The third-order valence-electron chi connectivity index (χ3n) is 18.3. The van der Waals surface area contributed by atoms with E-state index in [0.29, 0.717) is 22.1 Å². The third kappa shape index (κ3) is 43.2. The van der Waals surface area contributed by atoms with E-state index in [1.165, 1.54) is 119 Å². The molecule has 25 heteroatoms. The fourth-order valence-electron chi connectivity index (χ4n) is 12.1. The van der Waals surface area contributed by atoms with E-state index in [-0.39, 0.29) is 175 Å². The largest absolute Gasteiger partial charge is 0.512 e. The molecule has 0 amide bonds. The van der Waals surface area contributed by atoms with Gasteiger partial charge in [-0.2, -0.15) is 5.10 Å². The number of nitrogens with zero attached hydrogens (tertiary/aromatic N) is 6. The predicted octanol–water partition coefficient (Wildman–Crippen LogP) is 28.7. The minimum absolute atomic E-state index is 0. The summed E-state index contributed by atoms with van der Waals surface area (Å²) in [6.45, 7) is 24.6. The zero-order chi connectivity index (χ0) is 98.0. The second-order valence-corrected chi connectivity index (χ2v) is 32.5. The number of para-hydroxylation sites is 4. The first kappa shape index (κ1) is 123. The summed E-state index contributed by atoms with van der Waals surface area (Å²) >= 11 is 5.62. The number of rotatable bonds is 12. The fourth-order valence-corrected chi connectivity index (χ4v) is 12.2. The SMILES string of the molecule is CC(=O)C=C(C)O.CC(=O)C=C(C)O.CC(=O)C=C(C)O.CC(=O)C=C(C)O.CC(C)(C)C(=O)C=C(O)C(C)(C)C.Cc1ccc[c-]c1-c1cc(-c2ccccc2)c2ccccc2n1.Clc1ccc(-c2[c-]cccc2)nn1.Fc1c[c-]c(-c2cc(-c3ccccc3)c3ccccc3n2)c(F)c1.Fc1ccc[c-]c1-c1ccc2ccccc2n1.[Ir].[Ir].[Ir].[Ir].[Ir].[c-]1ccccc1-c1ccc2ccccc2n1. The molecule has 0 aliphatic rings. The van der Waals surface area contributed by atoms with E-state index >= 15 is 0 Å².